The molecule has 1 aromatic carbocycles. The Morgan fingerprint density at radius 2 is 1.84 bits per heavy atom. The second-order valence-electron chi connectivity index (χ2n) is 4.55. The second kappa shape index (κ2) is 6.70. The summed E-state index contributed by atoms with van der Waals surface area (Å²) >= 11 is 0. The van der Waals surface area contributed by atoms with Crippen molar-refractivity contribution in [3.05, 3.63) is 35.9 Å². The molecule has 0 saturated heterocycles. The molecule has 1 aromatic rings. The third-order valence-electron chi connectivity index (χ3n) is 2.62. The van der Waals surface area contributed by atoms with Crippen molar-refractivity contribution in [1.82, 2.24) is 0 Å². The first-order valence-electron chi connectivity index (χ1n) is 5.97. The number of carboxylic acids is 1. The van der Waals surface area contributed by atoms with Crippen LogP contribution in [0.5, 0.6) is 0 Å². The van der Waals surface area contributed by atoms with E-state index in [1.54, 1.807) is 24.3 Å². The van der Waals surface area contributed by atoms with Gasteiger partial charge in [0.1, 0.15) is 0 Å². The molecule has 19 heavy (non-hydrogen) atoms. The number of anilines is 1. The number of amides is 1. The van der Waals surface area contributed by atoms with Crippen LogP contribution in [-0.2, 0) is 9.59 Å². The normalized spacial score (nSPS) is 12.6. The van der Waals surface area contributed by atoms with E-state index in [0.717, 1.165) is 11.6 Å². The fraction of sp³-hybridized carbons (Fsp3) is 0.286. The zero-order valence-electron chi connectivity index (χ0n) is 11.0. The highest BCUT2D eigenvalue weighted by Gasteiger charge is 2.16. The Hall–Kier alpha value is -2.14. The number of benzene rings is 1. The zero-order chi connectivity index (χ0) is 14.4. The van der Waals surface area contributed by atoms with Gasteiger partial charge in [-0.25, -0.2) is 4.79 Å². The second-order valence-corrected chi connectivity index (χ2v) is 4.55. The molecule has 0 aliphatic heterocycles. The van der Waals surface area contributed by atoms with Crippen molar-refractivity contribution in [3.8, 4) is 0 Å². The van der Waals surface area contributed by atoms with Crippen LogP contribution >= 0.6 is 0 Å². The first-order valence-corrected chi connectivity index (χ1v) is 5.97. The number of aliphatic carboxylic acids is 1. The molecule has 0 saturated carbocycles. The van der Waals surface area contributed by atoms with Crippen molar-refractivity contribution in [2.45, 2.75) is 19.9 Å². The average Bonchev–Trinajstić information content (AvgIpc) is 2.36. The first kappa shape index (κ1) is 14.9. The van der Waals surface area contributed by atoms with Crippen molar-refractivity contribution in [2.24, 2.45) is 11.7 Å². The zero-order valence-corrected chi connectivity index (χ0v) is 11.0. The molecule has 0 aliphatic carbocycles. The maximum absolute atomic E-state index is 11.7. The van der Waals surface area contributed by atoms with E-state index in [9.17, 15) is 9.59 Å². The summed E-state index contributed by atoms with van der Waals surface area (Å²) in [4.78, 5) is 22.1. The summed E-state index contributed by atoms with van der Waals surface area (Å²) in [5.41, 5.74) is 7.11. The quantitative estimate of drug-likeness (QED) is 0.704. The van der Waals surface area contributed by atoms with Crippen LogP contribution in [0.3, 0.4) is 0 Å². The van der Waals surface area contributed by atoms with E-state index in [1.165, 1.54) is 6.08 Å². The minimum Gasteiger partial charge on any atom is -0.478 e. The molecule has 0 fully saturated rings. The molecule has 0 bridgehead atoms. The van der Waals surface area contributed by atoms with Crippen LogP contribution < -0.4 is 11.1 Å². The number of carbonyl (C=O) groups excluding carboxylic acids is 1. The molecular weight excluding hydrogens is 244 g/mol. The molecule has 102 valence electrons. The molecule has 0 radical (unpaired) electrons. The minimum atomic E-state index is -1.000. The van der Waals surface area contributed by atoms with Crippen molar-refractivity contribution in [3.63, 3.8) is 0 Å². The lowest BCUT2D eigenvalue weighted by atomic mass is 10.0. The van der Waals surface area contributed by atoms with Crippen LogP contribution in [0.15, 0.2) is 30.3 Å². The molecule has 1 atom stereocenters. The molecule has 0 aromatic heterocycles. The number of nitrogens with one attached hydrogen (secondary N) is 1. The van der Waals surface area contributed by atoms with Crippen LogP contribution in [0.1, 0.15) is 19.4 Å². The van der Waals surface area contributed by atoms with E-state index in [0.29, 0.717) is 5.69 Å². The number of hydrogen-bond donors (Lipinski definition) is 3. The highest BCUT2D eigenvalue weighted by atomic mass is 16.4. The maximum Gasteiger partial charge on any atom is 0.328 e. The lowest BCUT2D eigenvalue weighted by Gasteiger charge is -2.15. The molecule has 4 N–H and O–H groups in total. The fourth-order valence-corrected chi connectivity index (χ4v) is 1.37. The number of carbonyl (C=O) groups is 2. The molecule has 5 heteroatoms. The van der Waals surface area contributed by atoms with Gasteiger partial charge in [-0.1, -0.05) is 26.0 Å². The lowest BCUT2D eigenvalue weighted by molar-refractivity contribution is -0.131. The van der Waals surface area contributed by atoms with Gasteiger partial charge in [0.2, 0.25) is 5.91 Å². The minimum absolute atomic E-state index is 0.0674. The third kappa shape index (κ3) is 4.93. The van der Waals surface area contributed by atoms with Gasteiger partial charge in [-0.15, -0.1) is 0 Å². The van der Waals surface area contributed by atoms with Gasteiger partial charge in [0, 0.05) is 11.8 Å². The first-order chi connectivity index (χ1) is 8.90. The van der Waals surface area contributed by atoms with Crippen LogP contribution in [0.25, 0.3) is 6.08 Å². The van der Waals surface area contributed by atoms with Gasteiger partial charge in [-0.3, -0.25) is 4.79 Å². The van der Waals surface area contributed by atoms with Gasteiger partial charge in [0.15, 0.2) is 0 Å². The Morgan fingerprint density at radius 3 is 2.32 bits per heavy atom. The fourth-order valence-electron chi connectivity index (χ4n) is 1.37. The third-order valence-corrected chi connectivity index (χ3v) is 2.62. The Bertz CT molecular complexity index is 478. The van der Waals surface area contributed by atoms with Crippen LogP contribution in [0, 0.1) is 5.92 Å². The summed E-state index contributed by atoms with van der Waals surface area (Å²) in [6.45, 7) is 3.76. The molecule has 0 aliphatic rings. The van der Waals surface area contributed by atoms with E-state index in [-0.39, 0.29) is 11.8 Å². The van der Waals surface area contributed by atoms with Gasteiger partial charge in [-0.2, -0.15) is 0 Å². The van der Waals surface area contributed by atoms with E-state index < -0.39 is 12.0 Å². The summed E-state index contributed by atoms with van der Waals surface area (Å²) in [6, 6.07) is 6.29. The van der Waals surface area contributed by atoms with Crippen molar-refractivity contribution in [2.75, 3.05) is 5.32 Å². The highest BCUT2D eigenvalue weighted by molar-refractivity contribution is 5.95. The Balaban J connectivity index is 2.67. The molecule has 1 amide bonds. The van der Waals surface area contributed by atoms with E-state index in [4.69, 9.17) is 10.8 Å². The molecule has 0 unspecified atom stereocenters. The number of nitrogens with two attached hydrogens (primary N) is 1. The van der Waals surface area contributed by atoms with Crippen LogP contribution in [-0.4, -0.2) is 23.0 Å². The SMILES string of the molecule is CC(C)[C@H](N)C(=O)Nc1ccc(/C=C/C(=O)O)cc1. The summed E-state index contributed by atoms with van der Waals surface area (Å²) < 4.78 is 0. The summed E-state index contributed by atoms with van der Waals surface area (Å²) in [5, 5.41) is 11.2. The summed E-state index contributed by atoms with van der Waals surface area (Å²) in [7, 11) is 0. The predicted octanol–water partition coefficient (Wildman–Crippen LogP) is 1.71. The molecule has 1 rings (SSSR count). The van der Waals surface area contributed by atoms with Gasteiger partial charge < -0.3 is 16.2 Å². The molecular formula is C14H18N2O3. The monoisotopic (exact) mass is 262 g/mol. The molecule has 0 spiro atoms. The van der Waals surface area contributed by atoms with Crippen molar-refractivity contribution in [1.29, 1.82) is 0 Å². The molecule has 5 nitrogen and oxygen atoms in total. The number of rotatable bonds is 5. The number of carboxylic acid groups (broad SMARTS) is 1. The standard InChI is InChI=1S/C14H18N2O3/c1-9(2)13(15)14(19)16-11-6-3-10(4-7-11)5-8-12(17)18/h3-9,13H,15H2,1-2H3,(H,16,19)(H,17,18)/b8-5+/t13-/m0/s1. The van der Waals surface area contributed by atoms with E-state index in [2.05, 4.69) is 5.32 Å². The van der Waals surface area contributed by atoms with Crippen LogP contribution in [0.4, 0.5) is 5.69 Å². The van der Waals surface area contributed by atoms with Crippen molar-refractivity contribution >= 4 is 23.6 Å². The highest BCUT2D eigenvalue weighted by Crippen LogP contribution is 2.12. The van der Waals surface area contributed by atoms with Gasteiger partial charge in [0.25, 0.3) is 0 Å². The summed E-state index contributed by atoms with van der Waals surface area (Å²) in [6.07, 6.45) is 2.54. The van der Waals surface area contributed by atoms with Gasteiger partial charge in [0.05, 0.1) is 6.04 Å². The lowest BCUT2D eigenvalue weighted by Crippen LogP contribution is -2.39. The average molecular weight is 262 g/mol. The summed E-state index contributed by atoms with van der Waals surface area (Å²) in [5.74, 6) is -1.16. The smallest absolute Gasteiger partial charge is 0.328 e. The van der Waals surface area contributed by atoms with Crippen LogP contribution in [0.2, 0.25) is 0 Å². The van der Waals surface area contributed by atoms with E-state index >= 15 is 0 Å². The van der Waals surface area contributed by atoms with Crippen molar-refractivity contribution < 1.29 is 14.7 Å². The topological polar surface area (TPSA) is 92.4 Å². The molecule has 0 heterocycles. The van der Waals surface area contributed by atoms with Gasteiger partial charge in [-0.05, 0) is 29.7 Å². The largest absolute Gasteiger partial charge is 0.478 e. The predicted molar refractivity (Wildman–Crippen MR) is 74.6 cm³/mol. The number of hydrogen-bond acceptors (Lipinski definition) is 3. The Morgan fingerprint density at radius 1 is 1.26 bits per heavy atom. The van der Waals surface area contributed by atoms with Gasteiger partial charge >= 0.3 is 5.97 Å². The Labute approximate surface area is 112 Å². The Kier molecular flexibility index (Phi) is 5.26. The maximum atomic E-state index is 11.7. The van der Waals surface area contributed by atoms with E-state index in [1.807, 2.05) is 13.8 Å².